The minimum Gasteiger partial charge on any atom is -0.458 e. The Morgan fingerprint density at radius 3 is 2.40 bits per heavy atom. The van der Waals surface area contributed by atoms with Crippen LogP contribution >= 0.6 is 23.1 Å². The largest absolute Gasteiger partial charge is 0.458 e. The Balaban J connectivity index is 0.000000222. The van der Waals surface area contributed by atoms with Crippen molar-refractivity contribution >= 4 is 55.9 Å². The lowest BCUT2D eigenvalue weighted by Crippen LogP contribution is -2.57. The minimum atomic E-state index is -3.83. The molecule has 0 aromatic carbocycles. The average molecular weight is 653 g/mol. The lowest BCUT2D eigenvalue weighted by Gasteiger charge is -2.61. The lowest BCUT2D eigenvalue weighted by molar-refractivity contribution is -0.167. The van der Waals surface area contributed by atoms with Gasteiger partial charge in [0.1, 0.15) is 5.60 Å². The van der Waals surface area contributed by atoms with Crippen molar-refractivity contribution in [2.75, 3.05) is 0 Å². The number of fused-ring (bicyclic) bond motifs is 6. The predicted octanol–water partition coefficient (Wildman–Crippen LogP) is 3.43. The molecular formula is C29H40N4O7S3. The molecule has 6 rings (SSSR count). The van der Waals surface area contributed by atoms with Crippen LogP contribution in [-0.4, -0.2) is 51.8 Å². The van der Waals surface area contributed by atoms with E-state index in [2.05, 4.69) is 23.9 Å². The van der Waals surface area contributed by atoms with Crippen LogP contribution in [0.25, 0.3) is 0 Å². The Labute approximate surface area is 260 Å². The number of carbonyl (C=O) groups excluding carboxylic acids is 4. The Hall–Kier alpha value is -2.16. The van der Waals surface area contributed by atoms with Crippen LogP contribution in [0.5, 0.6) is 0 Å². The maximum Gasteiger partial charge on any atom is 0.306 e. The number of hydrogen-bond acceptors (Lipinski definition) is 10. The molecule has 0 bridgehead atoms. The molecule has 5 aliphatic rings. The van der Waals surface area contributed by atoms with E-state index in [1.165, 1.54) is 36.0 Å². The highest BCUT2D eigenvalue weighted by atomic mass is 32.2. The van der Waals surface area contributed by atoms with E-state index in [1.807, 2.05) is 6.08 Å². The molecule has 0 unspecified atom stereocenters. The summed E-state index contributed by atoms with van der Waals surface area (Å²) in [5.74, 6) is 1.25. The number of thioether (sulfide) groups is 1. The molecule has 2 heterocycles. The topological polar surface area (TPSA) is 168 Å². The van der Waals surface area contributed by atoms with Crippen LogP contribution in [0.1, 0.15) is 85.5 Å². The first-order valence-electron chi connectivity index (χ1n) is 14.7. The third-order valence-electron chi connectivity index (χ3n) is 10.8. The zero-order chi connectivity index (χ0) is 31.5. The molecule has 236 valence electrons. The van der Waals surface area contributed by atoms with Crippen molar-refractivity contribution in [1.29, 1.82) is 0 Å². The number of rotatable bonds is 2. The van der Waals surface area contributed by atoms with Gasteiger partial charge in [0.05, 0.1) is 0 Å². The van der Waals surface area contributed by atoms with Gasteiger partial charge in [0, 0.05) is 44.4 Å². The van der Waals surface area contributed by atoms with Crippen LogP contribution in [0.2, 0.25) is 0 Å². The number of aryl methyl sites for hydroxylation is 1. The first-order valence-corrected chi connectivity index (χ1v) is 18.0. The summed E-state index contributed by atoms with van der Waals surface area (Å²) < 4.78 is 28.7. The number of esters is 1. The summed E-state index contributed by atoms with van der Waals surface area (Å²) in [6.07, 6.45) is 10.0. The SMILES string of the molecule is CC(=O)N=c1sc(S(N)(=O)=O)nn1C.CC(=O)S[C@@H]1CC2=CC(=O)CC[C@]2(C)[C@H]2CC[C@@]3(C)[C@@H](CC[C@@]34CCC(=O)O4)[C@H]12. The molecule has 4 aliphatic carbocycles. The fraction of sp³-hybridized carbons (Fsp3) is 0.724. The zero-order valence-electron chi connectivity index (χ0n) is 25.3. The minimum absolute atomic E-state index is 0.0119. The lowest BCUT2D eigenvalue weighted by atomic mass is 9.46. The molecule has 7 atom stereocenters. The highest BCUT2D eigenvalue weighted by molar-refractivity contribution is 8.14. The van der Waals surface area contributed by atoms with Crippen molar-refractivity contribution in [3.63, 3.8) is 0 Å². The maximum absolute atomic E-state index is 12.2. The summed E-state index contributed by atoms with van der Waals surface area (Å²) in [5, 5.41) is 8.87. The normalized spacial score (nSPS) is 37.1. The van der Waals surface area contributed by atoms with Gasteiger partial charge in [-0.15, -0.1) is 5.10 Å². The van der Waals surface area contributed by atoms with E-state index >= 15 is 0 Å². The van der Waals surface area contributed by atoms with Crippen LogP contribution in [0.15, 0.2) is 21.0 Å². The number of hydrogen-bond donors (Lipinski definition) is 1. The Morgan fingerprint density at radius 1 is 1.12 bits per heavy atom. The number of primary sulfonamides is 1. The zero-order valence-corrected chi connectivity index (χ0v) is 27.7. The molecule has 1 spiro atoms. The van der Waals surface area contributed by atoms with Gasteiger partial charge in [-0.2, -0.15) is 4.99 Å². The Morgan fingerprint density at radius 2 is 1.81 bits per heavy atom. The molecule has 3 saturated carbocycles. The second-order valence-electron chi connectivity index (χ2n) is 13.1. The molecule has 1 aromatic rings. The monoisotopic (exact) mass is 652 g/mol. The number of nitrogens with two attached hydrogens (primary N) is 1. The van der Waals surface area contributed by atoms with Crippen molar-refractivity contribution in [3.8, 4) is 0 Å². The van der Waals surface area contributed by atoms with Crippen molar-refractivity contribution in [1.82, 2.24) is 9.78 Å². The Bertz CT molecular complexity index is 1580. The van der Waals surface area contributed by atoms with Crippen LogP contribution < -0.4 is 9.94 Å². The van der Waals surface area contributed by atoms with Crippen molar-refractivity contribution in [3.05, 3.63) is 16.5 Å². The van der Waals surface area contributed by atoms with Crippen molar-refractivity contribution in [2.24, 2.45) is 45.8 Å². The number of allylic oxidation sites excluding steroid dienone is 1. The van der Waals surface area contributed by atoms with E-state index in [9.17, 15) is 27.6 Å². The first-order chi connectivity index (χ1) is 20.0. The number of carbonyl (C=O) groups is 4. The van der Waals surface area contributed by atoms with E-state index in [0.717, 1.165) is 56.3 Å². The summed E-state index contributed by atoms with van der Waals surface area (Å²) in [5.41, 5.74) is 1.09. The summed E-state index contributed by atoms with van der Waals surface area (Å²) in [6.45, 7) is 7.68. The van der Waals surface area contributed by atoms with E-state index in [-0.39, 0.29) is 47.7 Å². The van der Waals surface area contributed by atoms with E-state index < -0.39 is 15.9 Å². The molecule has 1 aliphatic heterocycles. The number of ketones is 1. The quantitative estimate of drug-likeness (QED) is 0.471. The van der Waals surface area contributed by atoms with E-state index in [4.69, 9.17) is 9.88 Å². The van der Waals surface area contributed by atoms with Gasteiger partial charge in [-0.3, -0.25) is 19.2 Å². The first kappa shape index (κ1) is 32.2. The fourth-order valence-electron chi connectivity index (χ4n) is 8.80. The number of aromatic nitrogens is 2. The number of sulfonamides is 1. The van der Waals surface area contributed by atoms with Crippen LogP contribution in [0, 0.1) is 28.6 Å². The van der Waals surface area contributed by atoms with Gasteiger partial charge in [0.2, 0.25) is 15.0 Å². The Kier molecular flexibility index (Phi) is 8.49. The fourth-order valence-corrected chi connectivity index (χ4v) is 11.6. The van der Waals surface area contributed by atoms with Crippen molar-refractivity contribution < 1.29 is 32.3 Å². The van der Waals surface area contributed by atoms with E-state index in [1.54, 1.807) is 6.92 Å². The second-order valence-corrected chi connectivity index (χ2v) is 17.2. The average Bonchev–Trinajstić information content (AvgIpc) is 3.55. The summed E-state index contributed by atoms with van der Waals surface area (Å²) in [7, 11) is -2.35. The van der Waals surface area contributed by atoms with Gasteiger partial charge >= 0.3 is 5.97 Å². The predicted molar refractivity (Wildman–Crippen MR) is 161 cm³/mol. The highest BCUT2D eigenvalue weighted by Crippen LogP contribution is 2.70. The van der Waals surface area contributed by atoms with Crippen LogP contribution in [0.3, 0.4) is 0 Å². The molecule has 11 nitrogen and oxygen atoms in total. The number of nitrogens with zero attached hydrogens (tertiary/aromatic N) is 3. The van der Waals surface area contributed by atoms with Gasteiger partial charge in [-0.25, -0.2) is 18.2 Å². The van der Waals surface area contributed by atoms with Crippen molar-refractivity contribution in [2.45, 2.75) is 101 Å². The van der Waals surface area contributed by atoms with E-state index in [0.29, 0.717) is 30.6 Å². The molecule has 1 aromatic heterocycles. The summed E-state index contributed by atoms with van der Waals surface area (Å²) in [4.78, 5) is 50.8. The standard InChI is InChI=1S/C24H32O4S.C5H8N4O3S2/c1-14(25)29-19-13-15-12-16(26)4-8-22(15,2)17-5-9-23(3)18(21(17)19)6-10-24(23)11-7-20(27)28-24;1-3(10)7-4-9(2)8-5(13-4)14(6,11)12/h12,17-19,21H,4-11,13H2,1-3H3;1-2H3,(H2,6,11,12)/t17-,18-,19+,21+,22-,23-,24+;/m0./s1. The molecule has 14 heteroatoms. The smallest absolute Gasteiger partial charge is 0.306 e. The van der Waals surface area contributed by atoms with Gasteiger partial charge in [0.25, 0.3) is 10.0 Å². The number of amides is 1. The molecule has 43 heavy (non-hydrogen) atoms. The van der Waals surface area contributed by atoms with Crippen LogP contribution in [0.4, 0.5) is 0 Å². The second kappa shape index (κ2) is 11.3. The van der Waals surface area contributed by atoms with Gasteiger partial charge < -0.3 is 4.74 Å². The highest BCUT2D eigenvalue weighted by Gasteiger charge is 2.68. The molecule has 2 N–H and O–H groups in total. The maximum atomic E-state index is 12.2. The van der Waals surface area contributed by atoms with Gasteiger partial charge in [-0.05, 0) is 74.2 Å². The molecule has 1 amide bonds. The molecule has 4 fully saturated rings. The summed E-state index contributed by atoms with van der Waals surface area (Å²) in [6, 6.07) is 0. The number of ether oxygens (including phenoxy) is 1. The third kappa shape index (κ3) is 5.72. The molecule has 1 saturated heterocycles. The summed E-state index contributed by atoms with van der Waals surface area (Å²) >= 11 is 2.24. The van der Waals surface area contributed by atoms with Gasteiger partial charge in [0.15, 0.2) is 10.9 Å². The van der Waals surface area contributed by atoms with Gasteiger partial charge in [-0.1, -0.05) is 42.5 Å². The molecule has 0 radical (unpaired) electrons. The third-order valence-corrected chi connectivity index (χ3v) is 14.2. The van der Waals surface area contributed by atoms with Crippen LogP contribution in [-0.2, 0) is 41.0 Å². The molecular weight excluding hydrogens is 613 g/mol.